The van der Waals surface area contributed by atoms with Crippen molar-refractivity contribution >= 4 is 5.78 Å². The molecule has 0 bridgehead atoms. The molecular formula is C11H16O. The Kier molecular flexibility index (Phi) is 2.03. The molecule has 1 unspecified atom stereocenters. The van der Waals surface area contributed by atoms with Gasteiger partial charge < -0.3 is 0 Å². The number of rotatable bonds is 1. The minimum atomic E-state index is 0.459. The molecule has 0 saturated carbocycles. The zero-order valence-corrected chi connectivity index (χ0v) is 7.73. The van der Waals surface area contributed by atoms with E-state index >= 15 is 0 Å². The van der Waals surface area contributed by atoms with Gasteiger partial charge in [0.1, 0.15) is 0 Å². The van der Waals surface area contributed by atoms with Crippen LogP contribution in [0, 0.1) is 5.92 Å². The minimum Gasteiger partial charge on any atom is -0.295 e. The molecule has 0 radical (unpaired) electrons. The molecule has 0 saturated heterocycles. The number of ketones is 1. The van der Waals surface area contributed by atoms with Crippen LogP contribution in [0.1, 0.15) is 45.4 Å². The number of hydrogen-bond donors (Lipinski definition) is 0. The summed E-state index contributed by atoms with van der Waals surface area (Å²) < 4.78 is 0. The van der Waals surface area contributed by atoms with Gasteiger partial charge in [-0.05, 0) is 37.2 Å². The van der Waals surface area contributed by atoms with Crippen molar-refractivity contribution < 1.29 is 4.79 Å². The van der Waals surface area contributed by atoms with Gasteiger partial charge in [-0.15, -0.1) is 0 Å². The summed E-state index contributed by atoms with van der Waals surface area (Å²) in [6.07, 6.45) is 6.73. The van der Waals surface area contributed by atoms with Crippen LogP contribution in [0.25, 0.3) is 0 Å². The van der Waals surface area contributed by atoms with E-state index in [4.69, 9.17) is 0 Å². The van der Waals surface area contributed by atoms with Crippen molar-refractivity contribution in [3.05, 3.63) is 11.1 Å². The molecule has 0 spiro atoms. The fourth-order valence-corrected chi connectivity index (χ4v) is 2.46. The quantitative estimate of drug-likeness (QED) is 0.582. The molecule has 2 aliphatic rings. The second-order valence-electron chi connectivity index (χ2n) is 4.04. The molecule has 1 heteroatoms. The number of carbonyl (C=O) groups is 1. The molecular weight excluding hydrogens is 148 g/mol. The molecule has 0 aromatic heterocycles. The smallest absolute Gasteiger partial charge is 0.159 e. The first-order valence-corrected chi connectivity index (χ1v) is 5.05. The predicted molar refractivity (Wildman–Crippen MR) is 48.9 cm³/mol. The van der Waals surface area contributed by atoms with Crippen LogP contribution in [0.15, 0.2) is 11.1 Å². The van der Waals surface area contributed by atoms with Crippen molar-refractivity contribution in [2.24, 2.45) is 5.92 Å². The summed E-state index contributed by atoms with van der Waals surface area (Å²) in [7, 11) is 0. The maximum atomic E-state index is 11.6. The number of Topliss-reactive ketones (excluding diaryl/α,β-unsaturated/α-hetero) is 1. The lowest BCUT2D eigenvalue weighted by Gasteiger charge is -2.21. The first kappa shape index (κ1) is 8.03. The Morgan fingerprint density at radius 1 is 1.33 bits per heavy atom. The molecule has 2 rings (SSSR count). The van der Waals surface area contributed by atoms with Crippen molar-refractivity contribution in [1.82, 2.24) is 0 Å². The minimum absolute atomic E-state index is 0.459. The molecule has 0 aromatic rings. The highest BCUT2D eigenvalue weighted by molar-refractivity contribution is 5.97. The van der Waals surface area contributed by atoms with E-state index in [2.05, 4.69) is 6.92 Å². The molecule has 0 fully saturated rings. The third-order valence-electron chi connectivity index (χ3n) is 3.26. The van der Waals surface area contributed by atoms with Crippen molar-refractivity contribution in [3.8, 4) is 0 Å². The zero-order chi connectivity index (χ0) is 8.55. The lowest BCUT2D eigenvalue weighted by Crippen LogP contribution is -2.16. The Morgan fingerprint density at radius 3 is 2.92 bits per heavy atom. The summed E-state index contributed by atoms with van der Waals surface area (Å²) in [5.41, 5.74) is 2.71. The maximum absolute atomic E-state index is 11.6. The number of hydrogen-bond acceptors (Lipinski definition) is 1. The normalized spacial score (nSPS) is 29.4. The van der Waals surface area contributed by atoms with E-state index in [9.17, 15) is 4.79 Å². The zero-order valence-electron chi connectivity index (χ0n) is 7.73. The van der Waals surface area contributed by atoms with Gasteiger partial charge in [-0.2, -0.15) is 0 Å². The average molecular weight is 164 g/mol. The van der Waals surface area contributed by atoms with Gasteiger partial charge in [0.15, 0.2) is 5.78 Å². The highest BCUT2D eigenvalue weighted by Crippen LogP contribution is 2.38. The molecule has 1 nitrogen and oxygen atoms in total. The van der Waals surface area contributed by atoms with Crippen molar-refractivity contribution in [1.29, 1.82) is 0 Å². The first-order valence-electron chi connectivity index (χ1n) is 5.05. The van der Waals surface area contributed by atoms with Crippen LogP contribution in [0.5, 0.6) is 0 Å². The second kappa shape index (κ2) is 3.04. The monoisotopic (exact) mass is 164 g/mol. The Bertz CT molecular complexity index is 237. The number of carbonyl (C=O) groups excluding carboxylic acids is 1. The second-order valence-corrected chi connectivity index (χ2v) is 4.04. The molecule has 66 valence electrons. The fraction of sp³-hybridized carbons (Fsp3) is 0.727. The van der Waals surface area contributed by atoms with Crippen LogP contribution in [0.2, 0.25) is 0 Å². The van der Waals surface area contributed by atoms with Crippen molar-refractivity contribution in [2.75, 3.05) is 0 Å². The highest BCUT2D eigenvalue weighted by Gasteiger charge is 2.28. The summed E-state index contributed by atoms with van der Waals surface area (Å²) in [5, 5.41) is 0. The van der Waals surface area contributed by atoms with Crippen LogP contribution in [-0.2, 0) is 4.79 Å². The van der Waals surface area contributed by atoms with Gasteiger partial charge in [0.25, 0.3) is 0 Å². The predicted octanol–water partition coefficient (Wildman–Crippen LogP) is 2.86. The van der Waals surface area contributed by atoms with E-state index in [1.807, 2.05) is 0 Å². The van der Waals surface area contributed by atoms with Crippen molar-refractivity contribution in [3.63, 3.8) is 0 Å². The summed E-state index contributed by atoms with van der Waals surface area (Å²) in [6, 6.07) is 0. The Balaban J connectivity index is 2.19. The van der Waals surface area contributed by atoms with E-state index < -0.39 is 0 Å². The van der Waals surface area contributed by atoms with Crippen LogP contribution in [-0.4, -0.2) is 5.78 Å². The van der Waals surface area contributed by atoms with Gasteiger partial charge >= 0.3 is 0 Å². The average Bonchev–Trinajstić information content (AvgIpc) is 2.52. The Labute approximate surface area is 73.8 Å². The van der Waals surface area contributed by atoms with Gasteiger partial charge in [0.2, 0.25) is 0 Å². The van der Waals surface area contributed by atoms with Crippen LogP contribution in [0.4, 0.5) is 0 Å². The van der Waals surface area contributed by atoms with E-state index in [0.29, 0.717) is 11.7 Å². The van der Waals surface area contributed by atoms with E-state index in [1.165, 1.54) is 36.8 Å². The maximum Gasteiger partial charge on any atom is 0.159 e. The van der Waals surface area contributed by atoms with Crippen LogP contribution >= 0.6 is 0 Å². The van der Waals surface area contributed by atoms with Gasteiger partial charge in [-0.1, -0.05) is 18.9 Å². The first-order chi connectivity index (χ1) is 5.81. The summed E-state index contributed by atoms with van der Waals surface area (Å²) in [4.78, 5) is 11.6. The molecule has 0 N–H and O–H groups in total. The lowest BCUT2D eigenvalue weighted by atomic mass is 9.83. The SMILES string of the molecule is CCC1CC(=O)C2=C(CCC2)C1. The molecule has 1 atom stereocenters. The standard InChI is InChI=1S/C11H16O/c1-2-8-6-9-4-3-5-10(9)11(12)7-8/h8H,2-7H2,1H3. The molecule has 0 heterocycles. The summed E-state index contributed by atoms with van der Waals surface area (Å²) in [5.74, 6) is 1.12. The summed E-state index contributed by atoms with van der Waals surface area (Å²) >= 11 is 0. The van der Waals surface area contributed by atoms with Gasteiger partial charge in [-0.3, -0.25) is 4.79 Å². The fourth-order valence-electron chi connectivity index (χ4n) is 2.46. The molecule has 12 heavy (non-hydrogen) atoms. The molecule has 0 aliphatic heterocycles. The molecule has 0 amide bonds. The Hall–Kier alpha value is -0.590. The van der Waals surface area contributed by atoms with Crippen molar-refractivity contribution in [2.45, 2.75) is 45.4 Å². The van der Waals surface area contributed by atoms with Crippen LogP contribution < -0.4 is 0 Å². The third-order valence-corrected chi connectivity index (χ3v) is 3.26. The molecule has 0 aromatic carbocycles. The highest BCUT2D eigenvalue weighted by atomic mass is 16.1. The summed E-state index contributed by atoms with van der Waals surface area (Å²) in [6.45, 7) is 2.19. The Morgan fingerprint density at radius 2 is 2.17 bits per heavy atom. The van der Waals surface area contributed by atoms with E-state index in [0.717, 1.165) is 12.8 Å². The van der Waals surface area contributed by atoms with Gasteiger partial charge in [-0.25, -0.2) is 0 Å². The van der Waals surface area contributed by atoms with E-state index in [1.54, 1.807) is 0 Å². The topological polar surface area (TPSA) is 17.1 Å². The molecule has 2 aliphatic carbocycles. The van der Waals surface area contributed by atoms with E-state index in [-0.39, 0.29) is 0 Å². The largest absolute Gasteiger partial charge is 0.295 e. The lowest BCUT2D eigenvalue weighted by molar-refractivity contribution is -0.117. The van der Waals surface area contributed by atoms with Gasteiger partial charge in [0.05, 0.1) is 0 Å². The third kappa shape index (κ3) is 1.21. The van der Waals surface area contributed by atoms with Gasteiger partial charge in [0, 0.05) is 6.42 Å². The van der Waals surface area contributed by atoms with Crippen LogP contribution in [0.3, 0.4) is 0 Å². The number of allylic oxidation sites excluding steroid dienone is 2.